The fourth-order valence-electron chi connectivity index (χ4n) is 1.03. The Balaban J connectivity index is 4.27. The van der Waals surface area contributed by atoms with Crippen molar-refractivity contribution in [1.82, 2.24) is 4.90 Å². The van der Waals surface area contributed by atoms with E-state index in [-0.39, 0.29) is 5.97 Å². The molecule has 0 bridgehead atoms. The SMILES string of the molecule is CCCCC(=CN(C)C)C(=O)OC. The Kier molecular flexibility index (Phi) is 6.02. The summed E-state index contributed by atoms with van der Waals surface area (Å²) in [5, 5.41) is 0. The second-order valence-corrected chi connectivity index (χ2v) is 3.21. The van der Waals surface area contributed by atoms with E-state index in [4.69, 9.17) is 0 Å². The number of carbonyl (C=O) groups is 1. The van der Waals surface area contributed by atoms with Crippen molar-refractivity contribution in [3.8, 4) is 0 Å². The Morgan fingerprint density at radius 1 is 1.46 bits per heavy atom. The molecule has 0 aromatic heterocycles. The lowest BCUT2D eigenvalue weighted by molar-refractivity contribution is -0.136. The van der Waals surface area contributed by atoms with Crippen molar-refractivity contribution in [3.05, 3.63) is 11.8 Å². The van der Waals surface area contributed by atoms with Gasteiger partial charge in [0.25, 0.3) is 0 Å². The highest BCUT2D eigenvalue weighted by molar-refractivity contribution is 5.88. The molecule has 0 aliphatic heterocycles. The van der Waals surface area contributed by atoms with Gasteiger partial charge in [0.15, 0.2) is 0 Å². The molecule has 0 aromatic rings. The van der Waals surface area contributed by atoms with Gasteiger partial charge in [-0.25, -0.2) is 4.79 Å². The minimum atomic E-state index is -0.220. The molecule has 3 nitrogen and oxygen atoms in total. The average Bonchev–Trinajstić information content (AvgIpc) is 2.10. The first-order valence-corrected chi connectivity index (χ1v) is 4.57. The van der Waals surface area contributed by atoms with E-state index in [0.29, 0.717) is 0 Å². The first-order valence-electron chi connectivity index (χ1n) is 4.57. The first-order chi connectivity index (χ1) is 6.11. The van der Waals surface area contributed by atoms with Crippen molar-refractivity contribution in [2.45, 2.75) is 26.2 Å². The van der Waals surface area contributed by atoms with Gasteiger partial charge in [-0.3, -0.25) is 0 Å². The van der Waals surface area contributed by atoms with Crippen LogP contribution in [0, 0.1) is 0 Å². The number of carbonyl (C=O) groups excluding carboxylic acids is 1. The standard InChI is InChI=1S/C10H19NO2/c1-5-6-7-9(8-11(2)3)10(12)13-4/h8H,5-7H2,1-4H3. The average molecular weight is 185 g/mol. The van der Waals surface area contributed by atoms with Gasteiger partial charge in [-0.1, -0.05) is 13.3 Å². The summed E-state index contributed by atoms with van der Waals surface area (Å²) in [5.41, 5.74) is 0.745. The molecule has 76 valence electrons. The van der Waals surface area contributed by atoms with Crippen molar-refractivity contribution in [2.75, 3.05) is 21.2 Å². The van der Waals surface area contributed by atoms with Gasteiger partial charge in [0.2, 0.25) is 0 Å². The fourth-order valence-corrected chi connectivity index (χ4v) is 1.03. The molecule has 0 heterocycles. The number of unbranched alkanes of at least 4 members (excludes halogenated alkanes) is 1. The molecule has 0 N–H and O–H groups in total. The summed E-state index contributed by atoms with van der Waals surface area (Å²) < 4.78 is 4.68. The lowest BCUT2D eigenvalue weighted by Gasteiger charge is -2.09. The summed E-state index contributed by atoms with van der Waals surface area (Å²) in [6, 6.07) is 0. The normalized spacial score (nSPS) is 11.2. The molecule has 3 heteroatoms. The predicted molar refractivity (Wildman–Crippen MR) is 53.3 cm³/mol. The monoisotopic (exact) mass is 185 g/mol. The zero-order chi connectivity index (χ0) is 10.3. The maximum absolute atomic E-state index is 11.2. The topological polar surface area (TPSA) is 29.5 Å². The van der Waals surface area contributed by atoms with Crippen LogP contribution in [0.1, 0.15) is 26.2 Å². The Morgan fingerprint density at radius 2 is 2.08 bits per heavy atom. The minimum Gasteiger partial charge on any atom is -0.466 e. The number of hydrogen-bond donors (Lipinski definition) is 0. The second-order valence-electron chi connectivity index (χ2n) is 3.21. The van der Waals surface area contributed by atoms with Crippen LogP contribution in [0.2, 0.25) is 0 Å². The summed E-state index contributed by atoms with van der Waals surface area (Å²) in [6.45, 7) is 2.10. The Morgan fingerprint density at radius 3 is 2.46 bits per heavy atom. The number of rotatable bonds is 5. The first kappa shape index (κ1) is 12.0. The quantitative estimate of drug-likeness (QED) is 0.483. The van der Waals surface area contributed by atoms with E-state index < -0.39 is 0 Å². The summed E-state index contributed by atoms with van der Waals surface area (Å²) in [7, 11) is 5.21. The zero-order valence-electron chi connectivity index (χ0n) is 8.96. The van der Waals surface area contributed by atoms with Crippen molar-refractivity contribution < 1.29 is 9.53 Å². The number of hydrogen-bond acceptors (Lipinski definition) is 3. The molecule has 0 amide bonds. The van der Waals surface area contributed by atoms with Crippen LogP contribution in [0.4, 0.5) is 0 Å². The van der Waals surface area contributed by atoms with E-state index in [0.717, 1.165) is 24.8 Å². The van der Waals surface area contributed by atoms with Crippen molar-refractivity contribution in [3.63, 3.8) is 0 Å². The second kappa shape index (κ2) is 6.52. The van der Waals surface area contributed by atoms with Crippen LogP contribution < -0.4 is 0 Å². The molecule has 0 fully saturated rings. The molecule has 0 radical (unpaired) electrons. The van der Waals surface area contributed by atoms with E-state index in [9.17, 15) is 4.79 Å². The Labute approximate surface area is 80.4 Å². The van der Waals surface area contributed by atoms with Gasteiger partial charge < -0.3 is 9.64 Å². The van der Waals surface area contributed by atoms with E-state index in [1.54, 1.807) is 0 Å². The Bertz CT molecular complexity index is 185. The molecule has 0 saturated carbocycles. The fraction of sp³-hybridized carbons (Fsp3) is 0.700. The highest BCUT2D eigenvalue weighted by Crippen LogP contribution is 2.09. The van der Waals surface area contributed by atoms with Crippen molar-refractivity contribution in [2.24, 2.45) is 0 Å². The molecule has 0 aliphatic carbocycles. The molecule has 0 aromatic carbocycles. The van der Waals surface area contributed by atoms with Gasteiger partial charge in [0.05, 0.1) is 12.7 Å². The summed E-state index contributed by atoms with van der Waals surface area (Å²) in [4.78, 5) is 13.1. The van der Waals surface area contributed by atoms with Gasteiger partial charge in [-0.05, 0) is 12.8 Å². The third-order valence-electron chi connectivity index (χ3n) is 1.66. The molecule has 0 unspecified atom stereocenters. The van der Waals surface area contributed by atoms with Gasteiger partial charge in [-0.15, -0.1) is 0 Å². The van der Waals surface area contributed by atoms with E-state index in [1.165, 1.54) is 7.11 Å². The molecule has 13 heavy (non-hydrogen) atoms. The summed E-state index contributed by atoms with van der Waals surface area (Å²) in [5.74, 6) is -0.220. The molecule has 0 saturated heterocycles. The maximum atomic E-state index is 11.2. The van der Waals surface area contributed by atoms with E-state index >= 15 is 0 Å². The third-order valence-corrected chi connectivity index (χ3v) is 1.66. The van der Waals surface area contributed by atoms with Crippen LogP contribution in [-0.2, 0) is 9.53 Å². The molecular formula is C10H19NO2. The van der Waals surface area contributed by atoms with Crippen LogP contribution in [0.15, 0.2) is 11.8 Å². The van der Waals surface area contributed by atoms with E-state index in [1.807, 2.05) is 25.2 Å². The van der Waals surface area contributed by atoms with Crippen LogP contribution >= 0.6 is 0 Å². The molecule has 0 spiro atoms. The number of methoxy groups -OCH3 is 1. The molecule has 0 rings (SSSR count). The van der Waals surface area contributed by atoms with Gasteiger partial charge in [-0.2, -0.15) is 0 Å². The van der Waals surface area contributed by atoms with Crippen LogP contribution in [0.25, 0.3) is 0 Å². The molecule has 0 aliphatic rings. The predicted octanol–water partition coefficient (Wildman–Crippen LogP) is 1.80. The molecular weight excluding hydrogens is 166 g/mol. The summed E-state index contributed by atoms with van der Waals surface area (Å²) >= 11 is 0. The van der Waals surface area contributed by atoms with Crippen molar-refractivity contribution >= 4 is 5.97 Å². The lowest BCUT2D eigenvalue weighted by Crippen LogP contribution is -2.10. The highest BCUT2D eigenvalue weighted by atomic mass is 16.5. The Hall–Kier alpha value is -0.990. The van der Waals surface area contributed by atoms with Gasteiger partial charge in [0, 0.05) is 20.3 Å². The zero-order valence-corrected chi connectivity index (χ0v) is 8.96. The highest BCUT2D eigenvalue weighted by Gasteiger charge is 2.08. The number of esters is 1. The minimum absolute atomic E-state index is 0.220. The third kappa shape index (κ3) is 5.28. The maximum Gasteiger partial charge on any atom is 0.335 e. The largest absolute Gasteiger partial charge is 0.466 e. The summed E-state index contributed by atoms with van der Waals surface area (Å²) in [6.07, 6.45) is 4.72. The van der Waals surface area contributed by atoms with Gasteiger partial charge in [0.1, 0.15) is 0 Å². The van der Waals surface area contributed by atoms with Gasteiger partial charge >= 0.3 is 5.97 Å². The lowest BCUT2D eigenvalue weighted by atomic mass is 10.1. The molecule has 0 atom stereocenters. The van der Waals surface area contributed by atoms with E-state index in [2.05, 4.69) is 11.7 Å². The number of nitrogens with zero attached hydrogens (tertiary/aromatic N) is 1. The van der Waals surface area contributed by atoms with Crippen molar-refractivity contribution in [1.29, 1.82) is 0 Å². The van der Waals surface area contributed by atoms with Crippen LogP contribution in [-0.4, -0.2) is 32.1 Å². The smallest absolute Gasteiger partial charge is 0.335 e. The number of ether oxygens (including phenoxy) is 1. The van der Waals surface area contributed by atoms with Crippen LogP contribution in [0.5, 0.6) is 0 Å². The van der Waals surface area contributed by atoms with Crippen LogP contribution in [0.3, 0.4) is 0 Å².